The summed E-state index contributed by atoms with van der Waals surface area (Å²) >= 11 is 0. The minimum Gasteiger partial charge on any atom is -0.399 e. The lowest BCUT2D eigenvalue weighted by molar-refractivity contribution is 0.618. The summed E-state index contributed by atoms with van der Waals surface area (Å²) in [5, 5.41) is 0. The van der Waals surface area contributed by atoms with E-state index in [0.29, 0.717) is 11.1 Å². The molecule has 0 heterocycles. The Labute approximate surface area is 324 Å². The van der Waals surface area contributed by atoms with Gasteiger partial charge in [-0.1, -0.05) is 133 Å². The maximum absolute atomic E-state index is 14.6. The molecule has 56 heavy (non-hydrogen) atoms. The van der Waals surface area contributed by atoms with E-state index in [2.05, 4.69) is 72.8 Å². The maximum atomic E-state index is 14.6. The van der Waals surface area contributed by atoms with Crippen LogP contribution in [0.15, 0.2) is 182 Å². The first-order chi connectivity index (χ1) is 27.2. The maximum Gasteiger partial charge on any atom is 0.146 e. The summed E-state index contributed by atoms with van der Waals surface area (Å²) in [7, 11) is 0. The summed E-state index contributed by atoms with van der Waals surface area (Å²) in [5.74, 6) is -1.00. The fraction of sp³-hybridized carbons (Fsp3) is 0.0400. The van der Waals surface area contributed by atoms with E-state index in [1.54, 1.807) is 12.1 Å². The van der Waals surface area contributed by atoms with E-state index < -0.39 is 17.0 Å². The number of halogens is 2. The summed E-state index contributed by atoms with van der Waals surface area (Å²) in [6.45, 7) is 0. The third-order valence-electron chi connectivity index (χ3n) is 11.5. The highest BCUT2D eigenvalue weighted by Gasteiger charge is 2.47. The summed E-state index contributed by atoms with van der Waals surface area (Å²) in [6.07, 6.45) is 0. The molecule has 272 valence electrons. The van der Waals surface area contributed by atoms with Gasteiger partial charge in [0.15, 0.2) is 0 Å². The van der Waals surface area contributed by atoms with Crippen LogP contribution in [0.1, 0.15) is 44.5 Å². The average Bonchev–Trinajstić information content (AvgIpc) is 3.70. The third-order valence-corrected chi connectivity index (χ3v) is 11.5. The summed E-state index contributed by atoms with van der Waals surface area (Å²) < 4.78 is 29.2. The second kappa shape index (κ2) is 13.3. The Morgan fingerprint density at radius 1 is 0.304 bits per heavy atom. The van der Waals surface area contributed by atoms with Crippen molar-refractivity contribution in [1.29, 1.82) is 0 Å². The van der Waals surface area contributed by atoms with Gasteiger partial charge >= 0.3 is 0 Å². The lowest BCUT2D eigenvalue weighted by atomic mass is 9.67. The molecule has 0 aromatic heterocycles. The standard InChI is InChI=1S/C25H18F2N2.C25H20N2/c26-21-13-15(9-11-23(21)28)25(16-10-12-24(29)22(27)14-16)19-7-3-1-5-17(19)18-6-2-4-8-20(18)25;26-19-13-9-17(10-14-19)25(18-11-15-20(27)16-12-18)23-7-3-1-5-21(23)22-6-2-4-8-24(22)25/h1-14H,28-29H2;1-16H,26-27H2. The van der Waals surface area contributed by atoms with Gasteiger partial charge in [0.25, 0.3) is 0 Å². The van der Waals surface area contributed by atoms with Gasteiger partial charge in [-0.2, -0.15) is 0 Å². The Hall–Kier alpha value is -7.18. The zero-order valence-electron chi connectivity index (χ0n) is 30.4. The van der Waals surface area contributed by atoms with Crippen LogP contribution in [-0.4, -0.2) is 0 Å². The normalized spacial score (nSPS) is 13.8. The van der Waals surface area contributed by atoms with E-state index in [4.69, 9.17) is 22.9 Å². The van der Waals surface area contributed by atoms with Crippen molar-refractivity contribution in [3.8, 4) is 22.3 Å². The highest BCUT2D eigenvalue weighted by atomic mass is 19.1. The van der Waals surface area contributed by atoms with Crippen molar-refractivity contribution in [2.75, 3.05) is 22.9 Å². The zero-order chi connectivity index (χ0) is 38.6. The smallest absolute Gasteiger partial charge is 0.146 e. The Morgan fingerprint density at radius 3 is 0.875 bits per heavy atom. The molecule has 10 rings (SSSR count). The van der Waals surface area contributed by atoms with Crippen LogP contribution in [0.5, 0.6) is 0 Å². The topological polar surface area (TPSA) is 104 Å². The quantitative estimate of drug-likeness (QED) is 0.135. The van der Waals surface area contributed by atoms with Crippen LogP contribution in [0, 0.1) is 11.6 Å². The molecule has 2 aliphatic rings. The molecule has 4 nitrogen and oxygen atoms in total. The van der Waals surface area contributed by atoms with E-state index in [9.17, 15) is 8.78 Å². The molecule has 0 amide bonds. The van der Waals surface area contributed by atoms with Crippen LogP contribution in [0.4, 0.5) is 31.5 Å². The molecule has 0 radical (unpaired) electrons. The molecule has 8 N–H and O–H groups in total. The first kappa shape index (κ1) is 34.6. The Kier molecular flexibility index (Phi) is 8.20. The molecular weight excluding hydrogens is 695 g/mol. The molecule has 8 aromatic carbocycles. The van der Waals surface area contributed by atoms with E-state index in [0.717, 1.165) is 33.6 Å². The van der Waals surface area contributed by atoms with Crippen LogP contribution >= 0.6 is 0 Å². The molecule has 0 fully saturated rings. The number of nitrogens with two attached hydrogens (primary N) is 4. The predicted octanol–water partition coefficient (Wildman–Crippen LogP) is 10.7. The van der Waals surface area contributed by atoms with Crippen molar-refractivity contribution < 1.29 is 8.78 Å². The molecule has 0 spiro atoms. The molecule has 0 atom stereocenters. The Bertz CT molecular complexity index is 2580. The monoisotopic (exact) mass is 732 g/mol. The minimum atomic E-state index is -0.879. The van der Waals surface area contributed by atoms with E-state index in [1.165, 1.54) is 45.5 Å². The molecular formula is C50H38F2N4. The number of nitrogen functional groups attached to an aromatic ring is 4. The summed E-state index contributed by atoms with van der Waals surface area (Å²) in [5.41, 5.74) is 36.9. The molecule has 8 aromatic rings. The molecule has 0 saturated heterocycles. The number of rotatable bonds is 4. The van der Waals surface area contributed by atoms with Crippen LogP contribution in [-0.2, 0) is 10.8 Å². The molecule has 0 aliphatic heterocycles. The number of benzene rings is 8. The molecule has 0 unspecified atom stereocenters. The van der Waals surface area contributed by atoms with Crippen molar-refractivity contribution in [3.63, 3.8) is 0 Å². The van der Waals surface area contributed by atoms with Gasteiger partial charge in [0.1, 0.15) is 11.6 Å². The van der Waals surface area contributed by atoms with Gasteiger partial charge in [-0.05, 0) is 115 Å². The van der Waals surface area contributed by atoms with Gasteiger partial charge < -0.3 is 22.9 Å². The lowest BCUT2D eigenvalue weighted by Crippen LogP contribution is -2.29. The highest BCUT2D eigenvalue weighted by Crippen LogP contribution is 2.57. The van der Waals surface area contributed by atoms with Crippen molar-refractivity contribution in [1.82, 2.24) is 0 Å². The van der Waals surface area contributed by atoms with E-state index in [-0.39, 0.29) is 16.8 Å². The fourth-order valence-corrected chi connectivity index (χ4v) is 9.03. The molecule has 0 bridgehead atoms. The van der Waals surface area contributed by atoms with Gasteiger partial charge in [0.05, 0.1) is 22.2 Å². The van der Waals surface area contributed by atoms with Crippen molar-refractivity contribution in [2.24, 2.45) is 0 Å². The van der Waals surface area contributed by atoms with Crippen molar-refractivity contribution in [3.05, 3.63) is 238 Å². The second-order valence-electron chi connectivity index (χ2n) is 14.4. The number of fused-ring (bicyclic) bond motifs is 6. The summed E-state index contributed by atoms with van der Waals surface area (Å²) in [4.78, 5) is 0. The van der Waals surface area contributed by atoms with E-state index in [1.807, 2.05) is 84.9 Å². The van der Waals surface area contributed by atoms with Gasteiger partial charge in [-0.15, -0.1) is 0 Å². The van der Waals surface area contributed by atoms with Gasteiger partial charge in [0, 0.05) is 11.4 Å². The van der Waals surface area contributed by atoms with Gasteiger partial charge in [-0.3, -0.25) is 0 Å². The summed E-state index contributed by atoms with van der Waals surface area (Å²) in [6, 6.07) is 59.4. The fourth-order valence-electron chi connectivity index (χ4n) is 9.03. The number of hydrogen-bond acceptors (Lipinski definition) is 4. The predicted molar refractivity (Wildman–Crippen MR) is 225 cm³/mol. The first-order valence-electron chi connectivity index (χ1n) is 18.5. The largest absolute Gasteiger partial charge is 0.399 e. The van der Waals surface area contributed by atoms with Crippen molar-refractivity contribution in [2.45, 2.75) is 10.8 Å². The second-order valence-corrected chi connectivity index (χ2v) is 14.4. The average molecular weight is 733 g/mol. The highest BCUT2D eigenvalue weighted by molar-refractivity contribution is 5.87. The minimum absolute atomic E-state index is 0.0759. The lowest BCUT2D eigenvalue weighted by Gasteiger charge is -2.34. The zero-order valence-corrected chi connectivity index (χ0v) is 30.4. The van der Waals surface area contributed by atoms with E-state index >= 15 is 0 Å². The third kappa shape index (κ3) is 5.10. The number of anilines is 4. The van der Waals surface area contributed by atoms with Crippen LogP contribution in [0.25, 0.3) is 22.3 Å². The molecule has 6 heteroatoms. The molecule has 0 saturated carbocycles. The number of hydrogen-bond donors (Lipinski definition) is 4. The first-order valence-corrected chi connectivity index (χ1v) is 18.5. The van der Waals surface area contributed by atoms with Crippen LogP contribution < -0.4 is 22.9 Å². The molecule has 2 aliphatic carbocycles. The Morgan fingerprint density at radius 2 is 0.571 bits per heavy atom. The SMILES string of the molecule is Nc1ccc(C2(c3ccc(N)c(F)c3)c3ccccc3-c3ccccc32)cc1F.Nc1ccc(C2(c3ccc(N)cc3)c3ccccc3-c3ccccc32)cc1. The van der Waals surface area contributed by atoms with Crippen LogP contribution in [0.3, 0.4) is 0 Å². The Balaban J connectivity index is 0.000000147. The van der Waals surface area contributed by atoms with Gasteiger partial charge in [-0.25, -0.2) is 8.78 Å². The van der Waals surface area contributed by atoms with Crippen LogP contribution in [0.2, 0.25) is 0 Å². The van der Waals surface area contributed by atoms with Crippen molar-refractivity contribution >= 4 is 22.7 Å². The van der Waals surface area contributed by atoms with Gasteiger partial charge in [0.2, 0.25) is 0 Å².